The van der Waals surface area contributed by atoms with E-state index in [1.54, 1.807) is 49.4 Å². The molecule has 2 aromatic carbocycles. The lowest BCUT2D eigenvalue weighted by molar-refractivity contribution is -0.122. The molecule has 114 valence electrons. The first kappa shape index (κ1) is 15.6. The number of ether oxygens (including phenoxy) is 2. The second kappa shape index (κ2) is 7.26. The first-order valence-corrected chi connectivity index (χ1v) is 6.80. The number of hydrogen-bond acceptors (Lipinski definition) is 4. The Kier molecular flexibility index (Phi) is 5.14. The van der Waals surface area contributed by atoms with Gasteiger partial charge in [-0.2, -0.15) is 0 Å². The topological polar surface area (TPSA) is 64.6 Å². The van der Waals surface area contributed by atoms with Crippen molar-refractivity contribution in [2.24, 2.45) is 0 Å². The number of anilines is 1. The Morgan fingerprint density at radius 2 is 1.73 bits per heavy atom. The van der Waals surface area contributed by atoms with Gasteiger partial charge < -0.3 is 14.8 Å². The van der Waals surface area contributed by atoms with Gasteiger partial charge in [0.1, 0.15) is 11.5 Å². The Morgan fingerprint density at radius 1 is 1.09 bits per heavy atom. The second-order valence-electron chi connectivity index (χ2n) is 4.61. The first-order chi connectivity index (χ1) is 10.7. The molecule has 22 heavy (non-hydrogen) atoms. The minimum Gasteiger partial charge on any atom is -0.495 e. The molecule has 1 atom stereocenters. The van der Waals surface area contributed by atoms with Crippen LogP contribution in [0, 0.1) is 0 Å². The third-order valence-electron chi connectivity index (χ3n) is 3.08. The molecule has 0 fully saturated rings. The summed E-state index contributed by atoms with van der Waals surface area (Å²) in [6.07, 6.45) is -0.0637. The normalized spacial score (nSPS) is 11.4. The molecule has 5 nitrogen and oxygen atoms in total. The van der Waals surface area contributed by atoms with E-state index in [9.17, 15) is 9.59 Å². The van der Waals surface area contributed by atoms with Crippen LogP contribution in [0.15, 0.2) is 48.5 Å². The maximum Gasteiger partial charge on any atom is 0.265 e. The number of carbonyl (C=O) groups is 2. The zero-order valence-electron chi connectivity index (χ0n) is 12.4. The molecule has 2 aromatic rings. The van der Waals surface area contributed by atoms with Crippen molar-refractivity contribution in [1.29, 1.82) is 0 Å². The predicted molar refractivity (Wildman–Crippen MR) is 83.5 cm³/mol. The van der Waals surface area contributed by atoms with Gasteiger partial charge in [-0.15, -0.1) is 0 Å². The van der Waals surface area contributed by atoms with Crippen molar-refractivity contribution in [2.75, 3.05) is 12.4 Å². The van der Waals surface area contributed by atoms with E-state index >= 15 is 0 Å². The van der Waals surface area contributed by atoms with E-state index in [0.717, 1.165) is 0 Å². The summed E-state index contributed by atoms with van der Waals surface area (Å²) in [6, 6.07) is 13.9. The highest BCUT2D eigenvalue weighted by Crippen LogP contribution is 2.24. The number of hydrogen-bond donors (Lipinski definition) is 1. The minimum atomic E-state index is -0.758. The smallest absolute Gasteiger partial charge is 0.265 e. The molecule has 1 amide bonds. The lowest BCUT2D eigenvalue weighted by Gasteiger charge is -2.16. The summed E-state index contributed by atoms with van der Waals surface area (Å²) in [7, 11) is 1.53. The van der Waals surface area contributed by atoms with Gasteiger partial charge in [0.2, 0.25) is 0 Å². The van der Waals surface area contributed by atoms with Gasteiger partial charge in [0.15, 0.2) is 12.4 Å². The Bertz CT molecular complexity index is 669. The molecule has 0 unspecified atom stereocenters. The fourth-order valence-corrected chi connectivity index (χ4v) is 1.91. The molecule has 2 rings (SSSR count). The van der Waals surface area contributed by atoms with E-state index in [-0.39, 0.29) is 5.91 Å². The van der Waals surface area contributed by atoms with E-state index < -0.39 is 6.10 Å². The van der Waals surface area contributed by atoms with Gasteiger partial charge >= 0.3 is 0 Å². The highest BCUT2D eigenvalue weighted by molar-refractivity contribution is 5.95. The standard InChI is InChI=1S/C17H17NO4/c1-12(22-15-9-5-3-7-13(15)11-19)17(20)18-14-8-4-6-10-16(14)21-2/h3-12H,1-2H3,(H,18,20)/t12-/m0/s1. The van der Waals surface area contributed by atoms with Crippen LogP contribution in [-0.2, 0) is 4.79 Å². The van der Waals surface area contributed by atoms with Crippen molar-refractivity contribution in [3.63, 3.8) is 0 Å². The molecule has 0 spiro atoms. The number of carbonyl (C=O) groups excluding carboxylic acids is 2. The lowest BCUT2D eigenvalue weighted by atomic mass is 10.2. The third kappa shape index (κ3) is 3.63. The van der Waals surface area contributed by atoms with Crippen LogP contribution >= 0.6 is 0 Å². The third-order valence-corrected chi connectivity index (χ3v) is 3.08. The van der Waals surface area contributed by atoms with Gasteiger partial charge in [0, 0.05) is 0 Å². The molecule has 0 aliphatic rings. The highest BCUT2D eigenvalue weighted by atomic mass is 16.5. The Balaban J connectivity index is 2.08. The van der Waals surface area contributed by atoms with Gasteiger partial charge in [-0.3, -0.25) is 9.59 Å². The van der Waals surface area contributed by atoms with Gasteiger partial charge in [0.25, 0.3) is 5.91 Å². The SMILES string of the molecule is COc1ccccc1NC(=O)[C@H](C)Oc1ccccc1C=O. The molecule has 0 saturated heterocycles. The summed E-state index contributed by atoms with van der Waals surface area (Å²) in [4.78, 5) is 23.2. The van der Waals surface area contributed by atoms with E-state index in [2.05, 4.69) is 5.32 Å². The van der Waals surface area contributed by atoms with Gasteiger partial charge in [0.05, 0.1) is 18.4 Å². The van der Waals surface area contributed by atoms with Gasteiger partial charge in [-0.1, -0.05) is 24.3 Å². The zero-order valence-corrected chi connectivity index (χ0v) is 12.4. The van der Waals surface area contributed by atoms with Gasteiger partial charge in [-0.25, -0.2) is 0 Å². The van der Waals surface area contributed by atoms with Crippen LogP contribution in [0.3, 0.4) is 0 Å². The van der Waals surface area contributed by atoms with E-state index in [1.807, 2.05) is 6.07 Å². The van der Waals surface area contributed by atoms with E-state index in [4.69, 9.17) is 9.47 Å². The molecule has 0 aliphatic carbocycles. The van der Waals surface area contributed by atoms with Crippen molar-refractivity contribution in [1.82, 2.24) is 0 Å². The van der Waals surface area contributed by atoms with Crippen LogP contribution in [0.4, 0.5) is 5.69 Å². The quantitative estimate of drug-likeness (QED) is 0.833. The molecule has 0 aromatic heterocycles. The number of amides is 1. The predicted octanol–water partition coefficient (Wildman–Crippen LogP) is 2.91. The monoisotopic (exact) mass is 299 g/mol. The zero-order chi connectivity index (χ0) is 15.9. The minimum absolute atomic E-state index is 0.329. The maximum atomic E-state index is 12.2. The summed E-state index contributed by atoms with van der Waals surface area (Å²) in [5, 5.41) is 2.74. The fraction of sp³-hybridized carbons (Fsp3) is 0.176. The lowest BCUT2D eigenvalue weighted by Crippen LogP contribution is -2.30. The summed E-state index contributed by atoms with van der Waals surface area (Å²) in [6.45, 7) is 1.62. The van der Waals surface area contributed by atoms with Crippen molar-refractivity contribution < 1.29 is 19.1 Å². The molecule has 1 N–H and O–H groups in total. The number of aldehydes is 1. The van der Waals surface area contributed by atoms with Gasteiger partial charge in [-0.05, 0) is 31.2 Å². The summed E-state index contributed by atoms with van der Waals surface area (Å²) < 4.78 is 10.7. The number of para-hydroxylation sites is 3. The van der Waals surface area contributed by atoms with E-state index in [0.29, 0.717) is 29.0 Å². The molecule has 5 heteroatoms. The number of methoxy groups -OCH3 is 1. The Morgan fingerprint density at radius 3 is 2.41 bits per heavy atom. The molecule has 0 aliphatic heterocycles. The summed E-state index contributed by atoms with van der Waals surface area (Å²) in [5.41, 5.74) is 0.966. The molecule has 0 heterocycles. The Labute approximate surface area is 128 Å². The number of rotatable bonds is 6. The largest absolute Gasteiger partial charge is 0.495 e. The molecular formula is C17H17NO4. The maximum absolute atomic E-state index is 12.2. The average Bonchev–Trinajstić information content (AvgIpc) is 2.55. The van der Waals surface area contributed by atoms with Crippen LogP contribution in [0.25, 0.3) is 0 Å². The van der Waals surface area contributed by atoms with Crippen LogP contribution in [-0.4, -0.2) is 25.4 Å². The molecule has 0 saturated carbocycles. The first-order valence-electron chi connectivity index (χ1n) is 6.80. The molecule has 0 bridgehead atoms. The summed E-state index contributed by atoms with van der Waals surface area (Å²) >= 11 is 0. The van der Waals surface area contributed by atoms with Crippen LogP contribution in [0.1, 0.15) is 17.3 Å². The van der Waals surface area contributed by atoms with Crippen molar-refractivity contribution in [2.45, 2.75) is 13.0 Å². The van der Waals surface area contributed by atoms with Crippen molar-refractivity contribution in [3.05, 3.63) is 54.1 Å². The van der Waals surface area contributed by atoms with Crippen LogP contribution < -0.4 is 14.8 Å². The van der Waals surface area contributed by atoms with E-state index in [1.165, 1.54) is 7.11 Å². The summed E-state index contributed by atoms with van der Waals surface area (Å²) in [5.74, 6) is 0.613. The second-order valence-corrected chi connectivity index (χ2v) is 4.61. The molecule has 0 radical (unpaired) electrons. The van der Waals surface area contributed by atoms with Crippen LogP contribution in [0.5, 0.6) is 11.5 Å². The Hall–Kier alpha value is -2.82. The number of nitrogens with one attached hydrogen (secondary N) is 1. The van der Waals surface area contributed by atoms with Crippen LogP contribution in [0.2, 0.25) is 0 Å². The number of benzene rings is 2. The highest BCUT2D eigenvalue weighted by Gasteiger charge is 2.17. The average molecular weight is 299 g/mol. The fourth-order valence-electron chi connectivity index (χ4n) is 1.91. The van der Waals surface area contributed by atoms with Crippen molar-refractivity contribution >= 4 is 17.9 Å². The van der Waals surface area contributed by atoms with Crippen molar-refractivity contribution in [3.8, 4) is 11.5 Å². The molecular weight excluding hydrogens is 282 g/mol.